The number of halogens is 1. The molecule has 0 aliphatic rings. The van der Waals surface area contributed by atoms with Crippen LogP contribution >= 0.6 is 0 Å². The van der Waals surface area contributed by atoms with Crippen molar-refractivity contribution in [1.29, 1.82) is 0 Å². The molecule has 0 amide bonds. The van der Waals surface area contributed by atoms with Crippen molar-refractivity contribution in [2.45, 2.75) is 6.42 Å². The molecular weight excluding hydrogens is 253 g/mol. The highest BCUT2D eigenvalue weighted by atomic mass is 19.1. The summed E-state index contributed by atoms with van der Waals surface area (Å²) < 4.78 is 13.0. The van der Waals surface area contributed by atoms with Crippen LogP contribution in [-0.4, -0.2) is 36.6 Å². The van der Waals surface area contributed by atoms with E-state index in [1.54, 1.807) is 6.07 Å². The van der Waals surface area contributed by atoms with Crippen LogP contribution in [0.5, 0.6) is 0 Å². The van der Waals surface area contributed by atoms with E-state index in [1.165, 1.54) is 17.7 Å². The molecule has 1 aromatic carbocycles. The Labute approximate surface area is 119 Å². The summed E-state index contributed by atoms with van der Waals surface area (Å²) >= 11 is 0. The van der Waals surface area contributed by atoms with Crippen molar-refractivity contribution >= 4 is 5.69 Å². The molecule has 4 heteroatoms. The minimum Gasteiger partial charge on any atom is -0.384 e. The predicted octanol–water partition coefficient (Wildman–Crippen LogP) is 2.81. The van der Waals surface area contributed by atoms with Crippen LogP contribution in [0.3, 0.4) is 0 Å². The van der Waals surface area contributed by atoms with E-state index in [1.807, 2.05) is 30.6 Å². The van der Waals surface area contributed by atoms with Gasteiger partial charge in [-0.05, 0) is 49.4 Å². The van der Waals surface area contributed by atoms with Crippen molar-refractivity contribution in [1.82, 2.24) is 9.88 Å². The first-order valence-electron chi connectivity index (χ1n) is 6.81. The summed E-state index contributed by atoms with van der Waals surface area (Å²) in [7, 11) is 2.09. The Balaban J connectivity index is 1.66. The second kappa shape index (κ2) is 7.60. The smallest absolute Gasteiger partial charge is 0.125 e. The van der Waals surface area contributed by atoms with Gasteiger partial charge in [0.25, 0.3) is 0 Å². The van der Waals surface area contributed by atoms with Crippen LogP contribution in [0.25, 0.3) is 0 Å². The first kappa shape index (κ1) is 14.5. The zero-order valence-corrected chi connectivity index (χ0v) is 11.7. The summed E-state index contributed by atoms with van der Waals surface area (Å²) in [6.45, 7) is 2.72. The number of likely N-dealkylation sites (N-methyl/N-ethyl adjacent to an activating group) is 1. The fraction of sp³-hybridized carbons (Fsp3) is 0.312. The number of nitrogens with zero attached hydrogens (tertiary/aromatic N) is 2. The molecule has 0 spiro atoms. The molecule has 0 aliphatic carbocycles. The number of hydrogen-bond acceptors (Lipinski definition) is 3. The number of nitrogens with one attached hydrogen (secondary N) is 1. The van der Waals surface area contributed by atoms with E-state index < -0.39 is 0 Å². The Kier molecular flexibility index (Phi) is 5.50. The van der Waals surface area contributed by atoms with Gasteiger partial charge >= 0.3 is 0 Å². The highest BCUT2D eigenvalue weighted by molar-refractivity contribution is 5.42. The average Bonchev–Trinajstić information content (AvgIpc) is 2.46. The predicted molar refractivity (Wildman–Crippen MR) is 80.3 cm³/mol. The number of aromatic nitrogens is 1. The fourth-order valence-corrected chi connectivity index (χ4v) is 1.97. The van der Waals surface area contributed by atoms with Crippen molar-refractivity contribution in [2.24, 2.45) is 0 Å². The molecular formula is C16H20FN3. The van der Waals surface area contributed by atoms with Gasteiger partial charge in [-0.2, -0.15) is 0 Å². The zero-order chi connectivity index (χ0) is 14.2. The second-order valence-electron chi connectivity index (χ2n) is 4.85. The summed E-state index contributed by atoms with van der Waals surface area (Å²) in [5, 5.41) is 3.22. The van der Waals surface area contributed by atoms with E-state index in [9.17, 15) is 4.39 Å². The van der Waals surface area contributed by atoms with E-state index in [0.717, 1.165) is 31.7 Å². The largest absolute Gasteiger partial charge is 0.384 e. The van der Waals surface area contributed by atoms with Crippen LogP contribution < -0.4 is 5.32 Å². The number of anilines is 1. The molecule has 1 N–H and O–H groups in total. The van der Waals surface area contributed by atoms with Crippen LogP contribution in [0, 0.1) is 5.82 Å². The third-order valence-electron chi connectivity index (χ3n) is 3.18. The van der Waals surface area contributed by atoms with E-state index in [-0.39, 0.29) is 5.82 Å². The third kappa shape index (κ3) is 4.97. The van der Waals surface area contributed by atoms with Gasteiger partial charge in [0.15, 0.2) is 0 Å². The lowest BCUT2D eigenvalue weighted by molar-refractivity contribution is 0.351. The molecule has 0 fully saturated rings. The van der Waals surface area contributed by atoms with Crippen LogP contribution in [0.4, 0.5) is 10.1 Å². The summed E-state index contributed by atoms with van der Waals surface area (Å²) in [5.41, 5.74) is 2.12. The molecule has 1 aromatic heterocycles. The first-order chi connectivity index (χ1) is 9.74. The summed E-state index contributed by atoms with van der Waals surface area (Å²) in [6.07, 6.45) is 4.65. The molecule has 0 saturated carbocycles. The standard InChI is InChI=1S/C16H20FN3/c1-20(11-7-14-5-8-18-9-6-14)12-10-19-16-4-2-3-15(17)13-16/h2-6,8-9,13,19H,7,10-12H2,1H3. The van der Waals surface area contributed by atoms with Gasteiger partial charge in [-0.25, -0.2) is 4.39 Å². The highest BCUT2D eigenvalue weighted by Crippen LogP contribution is 2.08. The van der Waals surface area contributed by atoms with Crippen molar-refractivity contribution < 1.29 is 4.39 Å². The van der Waals surface area contributed by atoms with Gasteiger partial charge in [-0.15, -0.1) is 0 Å². The Hall–Kier alpha value is -1.94. The quantitative estimate of drug-likeness (QED) is 0.841. The highest BCUT2D eigenvalue weighted by Gasteiger charge is 2.00. The molecule has 0 bridgehead atoms. The number of benzene rings is 1. The second-order valence-corrected chi connectivity index (χ2v) is 4.85. The maximum absolute atomic E-state index is 13.0. The minimum atomic E-state index is -0.207. The number of pyridine rings is 1. The van der Waals surface area contributed by atoms with E-state index in [0.29, 0.717) is 0 Å². The molecule has 0 atom stereocenters. The normalized spacial score (nSPS) is 10.8. The van der Waals surface area contributed by atoms with Crippen molar-refractivity contribution in [3.05, 3.63) is 60.2 Å². The van der Waals surface area contributed by atoms with Crippen LogP contribution in [0.15, 0.2) is 48.8 Å². The summed E-state index contributed by atoms with van der Waals surface area (Å²) in [6, 6.07) is 10.6. The van der Waals surface area contributed by atoms with Gasteiger partial charge in [0.1, 0.15) is 5.82 Å². The molecule has 0 unspecified atom stereocenters. The Morgan fingerprint density at radius 2 is 1.95 bits per heavy atom. The lowest BCUT2D eigenvalue weighted by Gasteiger charge is -2.17. The van der Waals surface area contributed by atoms with Crippen molar-refractivity contribution in [3.8, 4) is 0 Å². The van der Waals surface area contributed by atoms with Crippen molar-refractivity contribution in [3.63, 3.8) is 0 Å². The minimum absolute atomic E-state index is 0.207. The van der Waals surface area contributed by atoms with Crippen LogP contribution in [-0.2, 0) is 6.42 Å². The molecule has 3 nitrogen and oxygen atoms in total. The lowest BCUT2D eigenvalue weighted by atomic mass is 10.2. The summed E-state index contributed by atoms with van der Waals surface area (Å²) in [5.74, 6) is -0.207. The Morgan fingerprint density at radius 3 is 2.70 bits per heavy atom. The van der Waals surface area contributed by atoms with Gasteiger partial charge in [0.2, 0.25) is 0 Å². The van der Waals surface area contributed by atoms with Gasteiger partial charge in [-0.3, -0.25) is 4.98 Å². The van der Waals surface area contributed by atoms with E-state index in [2.05, 4.69) is 22.2 Å². The maximum atomic E-state index is 13.0. The first-order valence-corrected chi connectivity index (χ1v) is 6.81. The van der Waals surface area contributed by atoms with Gasteiger partial charge in [-0.1, -0.05) is 6.07 Å². The molecule has 1 heterocycles. The van der Waals surface area contributed by atoms with E-state index >= 15 is 0 Å². The molecule has 0 radical (unpaired) electrons. The van der Waals surface area contributed by atoms with Crippen LogP contribution in [0.2, 0.25) is 0 Å². The zero-order valence-electron chi connectivity index (χ0n) is 11.7. The van der Waals surface area contributed by atoms with Crippen molar-refractivity contribution in [2.75, 3.05) is 32.0 Å². The van der Waals surface area contributed by atoms with E-state index in [4.69, 9.17) is 0 Å². The topological polar surface area (TPSA) is 28.2 Å². The SMILES string of the molecule is CN(CCNc1cccc(F)c1)CCc1ccncc1. The van der Waals surface area contributed by atoms with Gasteiger partial charge < -0.3 is 10.2 Å². The Bertz CT molecular complexity index is 516. The number of rotatable bonds is 7. The maximum Gasteiger partial charge on any atom is 0.125 e. The van der Waals surface area contributed by atoms with Crippen LogP contribution in [0.1, 0.15) is 5.56 Å². The monoisotopic (exact) mass is 273 g/mol. The molecule has 0 saturated heterocycles. The third-order valence-corrected chi connectivity index (χ3v) is 3.18. The fourth-order valence-electron chi connectivity index (χ4n) is 1.97. The molecule has 106 valence electrons. The average molecular weight is 273 g/mol. The number of hydrogen-bond donors (Lipinski definition) is 1. The molecule has 20 heavy (non-hydrogen) atoms. The summed E-state index contributed by atoms with van der Waals surface area (Å²) in [4.78, 5) is 6.27. The molecule has 2 rings (SSSR count). The molecule has 0 aliphatic heterocycles. The Morgan fingerprint density at radius 1 is 1.15 bits per heavy atom. The van der Waals surface area contributed by atoms with Gasteiger partial charge in [0.05, 0.1) is 0 Å². The van der Waals surface area contributed by atoms with Gasteiger partial charge in [0, 0.05) is 37.7 Å². The lowest BCUT2D eigenvalue weighted by Crippen LogP contribution is -2.27. The molecule has 2 aromatic rings.